The van der Waals surface area contributed by atoms with Crippen molar-refractivity contribution in [3.63, 3.8) is 0 Å². The maximum atomic E-state index is 12.6. The Morgan fingerprint density at radius 3 is 2.60 bits per heavy atom. The summed E-state index contributed by atoms with van der Waals surface area (Å²) in [6.45, 7) is 6.65. The molecule has 0 bridgehead atoms. The van der Waals surface area contributed by atoms with Crippen LogP contribution in [0.3, 0.4) is 0 Å². The predicted octanol–water partition coefficient (Wildman–Crippen LogP) is 2.08. The second kappa shape index (κ2) is 8.26. The first-order valence-corrected chi connectivity index (χ1v) is 9.59. The molecule has 2 aromatic rings. The molecule has 7 nitrogen and oxygen atoms in total. The van der Waals surface area contributed by atoms with Crippen LogP contribution in [0.15, 0.2) is 41.6 Å². The zero-order chi connectivity index (χ0) is 18.4. The van der Waals surface area contributed by atoms with Gasteiger partial charge in [-0.3, -0.25) is 4.68 Å². The van der Waals surface area contributed by atoms with Gasteiger partial charge < -0.3 is 4.74 Å². The van der Waals surface area contributed by atoms with Crippen LogP contribution in [0.2, 0.25) is 0 Å². The molecule has 1 aromatic heterocycles. The summed E-state index contributed by atoms with van der Waals surface area (Å²) in [6, 6.07) is 6.32. The summed E-state index contributed by atoms with van der Waals surface area (Å²) in [7, 11) is -3.62. The zero-order valence-electron chi connectivity index (χ0n) is 14.7. The molecule has 0 unspecified atom stereocenters. The highest BCUT2D eigenvalue weighted by atomic mass is 32.2. The first-order valence-electron chi connectivity index (χ1n) is 8.15. The van der Waals surface area contributed by atoms with Crippen LogP contribution >= 0.6 is 0 Å². The number of nitrogens with zero attached hydrogens (tertiary/aromatic N) is 3. The molecule has 0 saturated heterocycles. The van der Waals surface area contributed by atoms with Gasteiger partial charge in [0.1, 0.15) is 6.61 Å². The smallest absolute Gasteiger partial charge is 0.338 e. The number of esters is 1. The Kier molecular flexibility index (Phi) is 6.33. The zero-order valence-corrected chi connectivity index (χ0v) is 15.5. The second-order valence-electron chi connectivity index (χ2n) is 5.47. The van der Waals surface area contributed by atoms with Gasteiger partial charge in [0.05, 0.1) is 17.0 Å². The number of carbonyl (C=O) groups is 1. The number of sulfonamides is 1. The van der Waals surface area contributed by atoms with E-state index in [-0.39, 0.29) is 17.1 Å². The normalized spacial score (nSPS) is 11.7. The SMILES string of the molecule is CCN(CC)S(=O)(=O)c1ccc(C)c(C(=O)OCCn2cccn2)c1. The van der Waals surface area contributed by atoms with Crippen molar-refractivity contribution in [2.45, 2.75) is 32.2 Å². The Bertz CT molecular complexity index is 812. The number of benzene rings is 1. The lowest BCUT2D eigenvalue weighted by Gasteiger charge is -2.19. The molecule has 136 valence electrons. The van der Waals surface area contributed by atoms with Gasteiger partial charge in [-0.15, -0.1) is 0 Å². The number of aromatic nitrogens is 2. The summed E-state index contributed by atoms with van der Waals surface area (Å²) in [5, 5.41) is 4.03. The molecule has 0 aliphatic rings. The monoisotopic (exact) mass is 365 g/mol. The lowest BCUT2D eigenvalue weighted by molar-refractivity contribution is 0.0486. The van der Waals surface area contributed by atoms with Crippen molar-refractivity contribution in [3.8, 4) is 0 Å². The van der Waals surface area contributed by atoms with Gasteiger partial charge in [0, 0.05) is 25.5 Å². The molecular formula is C17H23N3O4S. The van der Waals surface area contributed by atoms with E-state index in [9.17, 15) is 13.2 Å². The number of rotatable bonds is 8. The van der Waals surface area contributed by atoms with Crippen LogP contribution in [0.5, 0.6) is 0 Å². The minimum atomic E-state index is -3.62. The van der Waals surface area contributed by atoms with Crippen molar-refractivity contribution in [1.82, 2.24) is 14.1 Å². The number of carbonyl (C=O) groups excluding carboxylic acids is 1. The third-order valence-electron chi connectivity index (χ3n) is 3.88. The van der Waals surface area contributed by atoms with E-state index < -0.39 is 16.0 Å². The summed E-state index contributed by atoms with van der Waals surface area (Å²) < 4.78 is 33.5. The van der Waals surface area contributed by atoms with E-state index in [1.165, 1.54) is 16.4 Å². The lowest BCUT2D eigenvalue weighted by atomic mass is 10.1. The van der Waals surface area contributed by atoms with Crippen LogP contribution in [0, 0.1) is 6.92 Å². The Hall–Kier alpha value is -2.19. The van der Waals surface area contributed by atoms with E-state index in [0.717, 1.165) is 0 Å². The van der Waals surface area contributed by atoms with E-state index in [1.54, 1.807) is 50.0 Å². The van der Waals surface area contributed by atoms with E-state index >= 15 is 0 Å². The minimum absolute atomic E-state index is 0.0980. The van der Waals surface area contributed by atoms with Crippen LogP contribution < -0.4 is 0 Å². The fraction of sp³-hybridized carbons (Fsp3) is 0.412. The van der Waals surface area contributed by atoms with Crippen molar-refractivity contribution in [3.05, 3.63) is 47.8 Å². The van der Waals surface area contributed by atoms with Gasteiger partial charge in [-0.1, -0.05) is 19.9 Å². The van der Waals surface area contributed by atoms with Gasteiger partial charge in [-0.25, -0.2) is 13.2 Å². The molecule has 0 saturated carbocycles. The number of hydrogen-bond acceptors (Lipinski definition) is 5. The summed E-state index contributed by atoms with van der Waals surface area (Å²) in [5.41, 5.74) is 0.927. The van der Waals surface area contributed by atoms with Gasteiger partial charge in [-0.2, -0.15) is 9.40 Å². The fourth-order valence-electron chi connectivity index (χ4n) is 2.44. The Balaban J connectivity index is 2.16. The summed E-state index contributed by atoms with van der Waals surface area (Å²) in [5.74, 6) is -0.541. The molecule has 0 aliphatic heterocycles. The second-order valence-corrected chi connectivity index (χ2v) is 7.41. The summed E-state index contributed by atoms with van der Waals surface area (Å²) >= 11 is 0. The van der Waals surface area contributed by atoms with Gasteiger partial charge in [-0.05, 0) is 30.7 Å². The highest BCUT2D eigenvalue weighted by molar-refractivity contribution is 7.89. The van der Waals surface area contributed by atoms with Crippen molar-refractivity contribution in [2.75, 3.05) is 19.7 Å². The Morgan fingerprint density at radius 2 is 2.00 bits per heavy atom. The maximum Gasteiger partial charge on any atom is 0.338 e. The number of ether oxygens (including phenoxy) is 1. The molecule has 1 heterocycles. The van der Waals surface area contributed by atoms with Gasteiger partial charge >= 0.3 is 5.97 Å². The molecule has 25 heavy (non-hydrogen) atoms. The molecule has 0 spiro atoms. The van der Waals surface area contributed by atoms with Gasteiger partial charge in [0.25, 0.3) is 0 Å². The Labute approximate surface area is 148 Å². The van der Waals surface area contributed by atoms with Crippen LogP contribution in [0.25, 0.3) is 0 Å². The van der Waals surface area contributed by atoms with Gasteiger partial charge in [0.2, 0.25) is 10.0 Å². The largest absolute Gasteiger partial charge is 0.460 e. The first kappa shape index (κ1) is 19.1. The molecular weight excluding hydrogens is 342 g/mol. The van der Waals surface area contributed by atoms with Gasteiger partial charge in [0.15, 0.2) is 0 Å². The van der Waals surface area contributed by atoms with Crippen LogP contribution in [0.1, 0.15) is 29.8 Å². The van der Waals surface area contributed by atoms with Crippen molar-refractivity contribution in [2.24, 2.45) is 0 Å². The third-order valence-corrected chi connectivity index (χ3v) is 5.93. The highest BCUT2D eigenvalue weighted by Gasteiger charge is 2.23. The molecule has 0 aliphatic carbocycles. The quantitative estimate of drug-likeness (QED) is 0.669. The topological polar surface area (TPSA) is 81.5 Å². The fourth-order valence-corrected chi connectivity index (χ4v) is 3.92. The van der Waals surface area contributed by atoms with Crippen LogP contribution in [0.4, 0.5) is 0 Å². The summed E-state index contributed by atoms with van der Waals surface area (Å²) in [6.07, 6.45) is 3.42. The predicted molar refractivity (Wildman–Crippen MR) is 93.8 cm³/mol. The molecule has 2 rings (SSSR count). The molecule has 0 N–H and O–H groups in total. The maximum absolute atomic E-state index is 12.6. The van der Waals surface area contributed by atoms with Crippen molar-refractivity contribution < 1.29 is 17.9 Å². The Morgan fingerprint density at radius 1 is 1.28 bits per heavy atom. The van der Waals surface area contributed by atoms with E-state index in [2.05, 4.69) is 5.10 Å². The highest BCUT2D eigenvalue weighted by Crippen LogP contribution is 2.20. The number of hydrogen-bond donors (Lipinski definition) is 0. The molecule has 0 amide bonds. The summed E-state index contributed by atoms with van der Waals surface area (Å²) in [4.78, 5) is 12.4. The van der Waals surface area contributed by atoms with Crippen molar-refractivity contribution >= 4 is 16.0 Å². The molecule has 8 heteroatoms. The molecule has 0 fully saturated rings. The first-order chi connectivity index (χ1) is 11.9. The number of aryl methyl sites for hydroxylation is 1. The van der Waals surface area contributed by atoms with E-state index in [0.29, 0.717) is 25.2 Å². The van der Waals surface area contributed by atoms with Crippen molar-refractivity contribution in [1.29, 1.82) is 0 Å². The van der Waals surface area contributed by atoms with E-state index in [4.69, 9.17) is 4.74 Å². The average Bonchev–Trinajstić information content (AvgIpc) is 3.09. The molecule has 0 atom stereocenters. The van der Waals surface area contributed by atoms with E-state index in [1.807, 2.05) is 0 Å². The average molecular weight is 365 g/mol. The van der Waals surface area contributed by atoms with Crippen LogP contribution in [-0.4, -0.2) is 48.2 Å². The molecule has 1 aromatic carbocycles. The molecule has 0 radical (unpaired) electrons. The van der Waals surface area contributed by atoms with Crippen LogP contribution in [-0.2, 0) is 21.3 Å². The standard InChI is InChI=1S/C17H23N3O4S/c1-4-20(5-2)25(22,23)15-8-7-14(3)16(13-15)17(21)24-12-11-19-10-6-9-18-19/h6-10,13H,4-5,11-12H2,1-3H3. The minimum Gasteiger partial charge on any atom is -0.460 e. The third kappa shape index (κ3) is 4.46. The lowest BCUT2D eigenvalue weighted by Crippen LogP contribution is -2.30.